The fourth-order valence-electron chi connectivity index (χ4n) is 0.858. The minimum absolute atomic E-state index is 0.0124. The van der Waals surface area contributed by atoms with Gasteiger partial charge in [-0.15, -0.1) is 0 Å². The molecule has 1 aromatic heterocycles. The van der Waals surface area contributed by atoms with Gasteiger partial charge in [0.15, 0.2) is 5.76 Å². The third-order valence-corrected chi connectivity index (χ3v) is 2.68. The van der Waals surface area contributed by atoms with Gasteiger partial charge >= 0.3 is 10.1 Å². The van der Waals surface area contributed by atoms with Gasteiger partial charge in [0.1, 0.15) is 5.02 Å². The first-order valence-electron chi connectivity index (χ1n) is 4.01. The molecular formula is C7H7Cl2NO4S2. The fourth-order valence-corrected chi connectivity index (χ4v) is 1.70. The topological polar surface area (TPSA) is 69.4 Å². The van der Waals surface area contributed by atoms with Crippen molar-refractivity contribution in [1.82, 2.24) is 5.16 Å². The zero-order valence-corrected chi connectivity index (χ0v) is 11.2. The highest BCUT2D eigenvalue weighted by Crippen LogP contribution is 2.29. The Morgan fingerprint density at radius 2 is 2.25 bits per heavy atom. The number of hydrogen-bond donors (Lipinski definition) is 0. The number of aromatic nitrogens is 1. The van der Waals surface area contributed by atoms with Crippen molar-refractivity contribution in [2.45, 2.75) is 12.8 Å². The molecule has 0 aliphatic heterocycles. The first-order chi connectivity index (χ1) is 7.29. The average molecular weight is 304 g/mol. The van der Waals surface area contributed by atoms with E-state index in [1.54, 1.807) is 0 Å². The lowest BCUT2D eigenvalue weighted by Crippen LogP contribution is -2.06. The van der Waals surface area contributed by atoms with Crippen molar-refractivity contribution in [3.05, 3.63) is 10.8 Å². The molecule has 90 valence electrons. The van der Waals surface area contributed by atoms with Crippen LogP contribution in [0.3, 0.4) is 0 Å². The summed E-state index contributed by atoms with van der Waals surface area (Å²) >= 11 is 15.9. The fraction of sp³-hybridized carbons (Fsp3) is 0.429. The normalized spacial score (nSPS) is 11.4. The number of hydrogen-bond acceptors (Lipinski definition) is 6. The molecule has 0 aromatic carbocycles. The van der Waals surface area contributed by atoms with Crippen LogP contribution in [0.25, 0.3) is 0 Å². The van der Waals surface area contributed by atoms with Gasteiger partial charge in [-0.3, -0.25) is 0 Å². The largest absolute Gasteiger partial charge is 0.357 e. The molecule has 0 aliphatic rings. The van der Waals surface area contributed by atoms with E-state index in [1.165, 1.54) is 0 Å². The van der Waals surface area contributed by atoms with E-state index >= 15 is 0 Å². The molecule has 9 heteroatoms. The molecular weight excluding hydrogens is 297 g/mol. The molecule has 0 N–H and O–H groups in total. The van der Waals surface area contributed by atoms with Gasteiger partial charge < -0.3 is 8.71 Å². The molecule has 1 heterocycles. The van der Waals surface area contributed by atoms with Gasteiger partial charge in [-0.25, -0.2) is 0 Å². The van der Waals surface area contributed by atoms with E-state index in [0.717, 1.165) is 6.26 Å². The van der Waals surface area contributed by atoms with Gasteiger partial charge in [0.25, 0.3) is 5.88 Å². The highest BCUT2D eigenvalue weighted by Gasteiger charge is 2.18. The number of thiocarbonyl (C=S) groups is 1. The predicted molar refractivity (Wildman–Crippen MR) is 63.8 cm³/mol. The average Bonchev–Trinajstić information content (AvgIpc) is 2.43. The molecule has 0 aliphatic carbocycles. The van der Waals surface area contributed by atoms with Crippen LogP contribution in [0.15, 0.2) is 4.52 Å². The third-order valence-electron chi connectivity index (χ3n) is 1.45. The first kappa shape index (κ1) is 13.7. The highest BCUT2D eigenvalue weighted by molar-refractivity contribution is 7.86. The molecule has 16 heavy (non-hydrogen) atoms. The number of nitrogens with zero attached hydrogens (tertiary/aromatic N) is 1. The number of rotatable bonds is 5. The van der Waals surface area contributed by atoms with Crippen LogP contribution in [0.5, 0.6) is 5.88 Å². The van der Waals surface area contributed by atoms with Crippen LogP contribution in [0.2, 0.25) is 5.02 Å². The van der Waals surface area contributed by atoms with Crippen molar-refractivity contribution in [3.8, 4) is 5.88 Å². The maximum absolute atomic E-state index is 10.8. The van der Waals surface area contributed by atoms with Crippen molar-refractivity contribution >= 4 is 49.9 Å². The predicted octanol–water partition coefficient (Wildman–Crippen LogP) is 2.17. The Balaban J connectivity index is 2.80. The second-order valence-electron chi connectivity index (χ2n) is 2.87. The Hall–Kier alpha value is -0.370. The van der Waals surface area contributed by atoms with Crippen molar-refractivity contribution in [2.75, 3.05) is 6.26 Å². The summed E-state index contributed by atoms with van der Waals surface area (Å²) in [7, 11) is -3.68. The van der Waals surface area contributed by atoms with E-state index in [4.69, 9.17) is 27.7 Å². The number of aryl methyl sites for hydroxylation is 1. The van der Waals surface area contributed by atoms with Crippen LogP contribution in [-0.4, -0.2) is 24.2 Å². The van der Waals surface area contributed by atoms with Gasteiger partial charge in [-0.05, 0) is 5.16 Å². The Morgan fingerprint density at radius 3 is 2.75 bits per heavy atom. The molecule has 0 saturated heterocycles. The first-order valence-corrected chi connectivity index (χ1v) is 6.99. The van der Waals surface area contributed by atoms with Crippen LogP contribution in [0.4, 0.5) is 0 Å². The van der Waals surface area contributed by atoms with Gasteiger partial charge in [0.2, 0.25) is 0 Å². The Labute approximate surface area is 108 Å². The lowest BCUT2D eigenvalue weighted by atomic mass is 10.3. The van der Waals surface area contributed by atoms with Gasteiger partial charge in [0.05, 0.1) is 10.6 Å². The summed E-state index contributed by atoms with van der Waals surface area (Å²) in [6.45, 7) is 0. The van der Waals surface area contributed by atoms with E-state index in [-0.39, 0.29) is 21.0 Å². The molecule has 5 nitrogen and oxygen atoms in total. The summed E-state index contributed by atoms with van der Waals surface area (Å²) in [5.74, 6) is 0.00275. The molecule has 0 fully saturated rings. The molecule has 1 aromatic rings. The number of halogens is 2. The second kappa shape index (κ2) is 5.31. The maximum atomic E-state index is 10.8. The standard InChI is InChI=1S/C7H7Cl2NO4S2/c1-16(11,12)14-7-6(9)4(13-10-7)2-3-5(8)15/h2-3H2,1H3. The quantitative estimate of drug-likeness (QED) is 0.472. The molecule has 0 spiro atoms. The highest BCUT2D eigenvalue weighted by atomic mass is 35.5. The van der Waals surface area contributed by atoms with Crippen molar-refractivity contribution < 1.29 is 17.1 Å². The summed E-state index contributed by atoms with van der Waals surface area (Å²) in [5.41, 5.74) is 0. The van der Waals surface area contributed by atoms with Crippen molar-refractivity contribution in [1.29, 1.82) is 0 Å². The van der Waals surface area contributed by atoms with Crippen LogP contribution < -0.4 is 4.18 Å². The summed E-state index contributed by atoms with van der Waals surface area (Å²) in [5, 5.41) is 3.40. The SMILES string of the molecule is CS(=O)(=O)Oc1noc(CCC(=S)Cl)c1Cl. The second-order valence-corrected chi connectivity index (χ2v) is 5.99. The van der Waals surface area contributed by atoms with Gasteiger partial charge in [-0.1, -0.05) is 35.4 Å². The van der Waals surface area contributed by atoms with Crippen LogP contribution in [-0.2, 0) is 16.5 Å². The lowest BCUT2D eigenvalue weighted by molar-refractivity contribution is 0.361. The van der Waals surface area contributed by atoms with E-state index < -0.39 is 10.1 Å². The summed E-state index contributed by atoms with van der Waals surface area (Å²) in [6, 6.07) is 0. The smallest absolute Gasteiger partial charge is 0.307 e. The molecule has 0 amide bonds. The minimum Gasteiger partial charge on any atom is -0.357 e. The summed E-state index contributed by atoms with van der Waals surface area (Å²) < 4.78 is 31.2. The molecule has 0 atom stereocenters. The van der Waals surface area contributed by atoms with E-state index in [9.17, 15) is 8.42 Å². The summed E-state index contributed by atoms with van der Waals surface area (Å²) in [4.78, 5) is 0. The zero-order chi connectivity index (χ0) is 12.3. The zero-order valence-electron chi connectivity index (χ0n) is 8.07. The molecule has 0 saturated carbocycles. The third kappa shape index (κ3) is 4.25. The minimum atomic E-state index is -3.68. The monoisotopic (exact) mass is 303 g/mol. The summed E-state index contributed by atoms with van der Waals surface area (Å²) in [6.07, 6.45) is 1.59. The Kier molecular flexibility index (Phi) is 4.54. The van der Waals surface area contributed by atoms with E-state index in [0.29, 0.717) is 12.8 Å². The van der Waals surface area contributed by atoms with Gasteiger partial charge in [0, 0.05) is 12.8 Å². The molecule has 0 unspecified atom stereocenters. The lowest BCUT2D eigenvalue weighted by Gasteiger charge is -1.97. The van der Waals surface area contributed by atoms with Crippen molar-refractivity contribution in [2.24, 2.45) is 0 Å². The van der Waals surface area contributed by atoms with Gasteiger partial charge in [-0.2, -0.15) is 8.42 Å². The van der Waals surface area contributed by atoms with Crippen molar-refractivity contribution in [3.63, 3.8) is 0 Å². The van der Waals surface area contributed by atoms with E-state index in [1.807, 2.05) is 0 Å². The van der Waals surface area contributed by atoms with E-state index in [2.05, 4.69) is 21.6 Å². The van der Waals surface area contributed by atoms with Crippen LogP contribution in [0, 0.1) is 0 Å². The Morgan fingerprint density at radius 1 is 1.62 bits per heavy atom. The van der Waals surface area contributed by atoms with Crippen LogP contribution in [0.1, 0.15) is 12.2 Å². The van der Waals surface area contributed by atoms with Crippen LogP contribution >= 0.6 is 35.4 Å². The molecule has 0 bridgehead atoms. The molecule has 0 radical (unpaired) electrons. The molecule has 1 rings (SSSR count). The Bertz CT molecular complexity index is 496. The maximum Gasteiger partial charge on any atom is 0.307 e.